The molecule has 3 nitrogen and oxygen atoms in total. The smallest absolute Gasteiger partial charge is 0.0725 e. The van der Waals surface area contributed by atoms with Gasteiger partial charge in [0.15, 0.2) is 0 Å². The topological polar surface area (TPSA) is 47.3 Å². The molecule has 0 saturated heterocycles. The second kappa shape index (κ2) is 6.23. The van der Waals surface area contributed by atoms with Crippen LogP contribution in [0.15, 0.2) is 28.7 Å². The monoisotopic (exact) mass is 286 g/mol. The Hall–Kier alpha value is -0.580. The first-order valence-corrected chi connectivity index (χ1v) is 6.18. The normalized spacial score (nSPS) is 14.5. The van der Waals surface area contributed by atoms with E-state index in [-0.39, 0.29) is 5.54 Å². The Kier molecular flexibility index (Phi) is 5.25. The lowest BCUT2D eigenvalue weighted by Crippen LogP contribution is -2.48. The van der Waals surface area contributed by atoms with Gasteiger partial charge in [0.1, 0.15) is 0 Å². The van der Waals surface area contributed by atoms with Crippen LogP contribution in [0.1, 0.15) is 13.3 Å². The first-order valence-electron chi connectivity index (χ1n) is 5.38. The number of hydrogen-bond acceptors (Lipinski definition) is 3. The van der Waals surface area contributed by atoms with Gasteiger partial charge in [0.05, 0.1) is 12.1 Å². The fourth-order valence-corrected chi connectivity index (χ4v) is 2.03. The summed E-state index contributed by atoms with van der Waals surface area (Å²) in [6.45, 7) is 3.26. The molecule has 0 heterocycles. The molecule has 1 aromatic carbocycles. The molecule has 1 atom stereocenters. The van der Waals surface area contributed by atoms with E-state index in [1.165, 1.54) is 0 Å². The lowest BCUT2D eigenvalue weighted by Gasteiger charge is -2.33. The maximum Gasteiger partial charge on any atom is 0.0725 e. The van der Waals surface area contributed by atoms with Crippen LogP contribution in [-0.2, 0) is 4.74 Å². The van der Waals surface area contributed by atoms with Crippen LogP contribution in [0.5, 0.6) is 0 Å². The van der Waals surface area contributed by atoms with Crippen molar-refractivity contribution in [3.05, 3.63) is 28.7 Å². The second-order valence-electron chi connectivity index (χ2n) is 3.91. The van der Waals surface area contributed by atoms with Crippen molar-refractivity contribution in [1.82, 2.24) is 0 Å². The third-order valence-corrected chi connectivity index (χ3v) is 3.22. The molecule has 1 aromatic rings. The highest BCUT2D eigenvalue weighted by Gasteiger charge is 2.26. The van der Waals surface area contributed by atoms with Crippen LogP contribution in [0.25, 0.3) is 0 Å². The molecule has 0 aliphatic heterocycles. The Morgan fingerprint density at radius 1 is 1.50 bits per heavy atom. The molecule has 0 saturated carbocycles. The number of rotatable bonds is 6. The maximum absolute atomic E-state index is 5.84. The summed E-state index contributed by atoms with van der Waals surface area (Å²) in [4.78, 5) is 0. The summed E-state index contributed by atoms with van der Waals surface area (Å²) in [6.07, 6.45) is 0.920. The van der Waals surface area contributed by atoms with E-state index in [0.717, 1.165) is 16.6 Å². The molecule has 0 radical (unpaired) electrons. The maximum atomic E-state index is 5.84. The quantitative estimate of drug-likeness (QED) is 0.845. The SMILES string of the molecule is CCC(CN)(COC)Nc1cccc(Br)c1. The average Bonchev–Trinajstić information content (AvgIpc) is 2.28. The first-order chi connectivity index (χ1) is 7.65. The lowest BCUT2D eigenvalue weighted by molar-refractivity contribution is 0.143. The van der Waals surface area contributed by atoms with Crippen molar-refractivity contribution in [2.75, 3.05) is 25.6 Å². The molecular weight excluding hydrogens is 268 g/mol. The molecule has 0 aliphatic carbocycles. The Labute approximate surface area is 105 Å². The van der Waals surface area contributed by atoms with Crippen molar-refractivity contribution in [3.63, 3.8) is 0 Å². The van der Waals surface area contributed by atoms with Crippen LogP contribution in [0.3, 0.4) is 0 Å². The summed E-state index contributed by atoms with van der Waals surface area (Å²) in [6, 6.07) is 8.06. The van der Waals surface area contributed by atoms with Crippen molar-refractivity contribution in [1.29, 1.82) is 0 Å². The van der Waals surface area contributed by atoms with Gasteiger partial charge in [-0.25, -0.2) is 0 Å². The van der Waals surface area contributed by atoms with Gasteiger partial charge in [-0.2, -0.15) is 0 Å². The highest BCUT2D eigenvalue weighted by molar-refractivity contribution is 9.10. The van der Waals surface area contributed by atoms with E-state index in [1.807, 2.05) is 24.3 Å². The molecule has 3 N–H and O–H groups in total. The van der Waals surface area contributed by atoms with Gasteiger partial charge in [0.2, 0.25) is 0 Å². The van der Waals surface area contributed by atoms with E-state index in [4.69, 9.17) is 10.5 Å². The summed E-state index contributed by atoms with van der Waals surface area (Å²) in [7, 11) is 1.70. The van der Waals surface area contributed by atoms with E-state index in [1.54, 1.807) is 7.11 Å². The molecule has 0 aromatic heterocycles. The lowest BCUT2D eigenvalue weighted by atomic mass is 9.97. The summed E-state index contributed by atoms with van der Waals surface area (Å²) < 4.78 is 6.29. The number of methoxy groups -OCH3 is 1. The highest BCUT2D eigenvalue weighted by Crippen LogP contribution is 2.21. The van der Waals surface area contributed by atoms with E-state index < -0.39 is 0 Å². The van der Waals surface area contributed by atoms with E-state index in [2.05, 4.69) is 28.2 Å². The number of nitrogens with one attached hydrogen (secondary N) is 1. The van der Waals surface area contributed by atoms with Gasteiger partial charge in [-0.15, -0.1) is 0 Å². The molecule has 1 unspecified atom stereocenters. The molecule has 4 heteroatoms. The Morgan fingerprint density at radius 2 is 2.25 bits per heavy atom. The molecule has 90 valence electrons. The standard InChI is InChI=1S/C12H19BrN2O/c1-3-12(8-14,9-16-2)15-11-6-4-5-10(13)7-11/h4-7,15H,3,8-9,14H2,1-2H3. The second-order valence-corrected chi connectivity index (χ2v) is 4.82. The molecular formula is C12H19BrN2O. The zero-order valence-corrected chi connectivity index (χ0v) is 11.4. The molecule has 0 fully saturated rings. The fraction of sp³-hybridized carbons (Fsp3) is 0.500. The van der Waals surface area contributed by atoms with Gasteiger partial charge < -0.3 is 15.8 Å². The van der Waals surface area contributed by atoms with Crippen LogP contribution in [0.4, 0.5) is 5.69 Å². The highest BCUT2D eigenvalue weighted by atomic mass is 79.9. The molecule has 16 heavy (non-hydrogen) atoms. The van der Waals surface area contributed by atoms with Gasteiger partial charge in [-0.1, -0.05) is 28.9 Å². The van der Waals surface area contributed by atoms with Crippen molar-refractivity contribution < 1.29 is 4.74 Å². The number of benzene rings is 1. The number of anilines is 1. The van der Waals surface area contributed by atoms with Gasteiger partial charge in [0, 0.05) is 23.8 Å². The molecule has 0 amide bonds. The predicted octanol–water partition coefficient (Wildman–Crippen LogP) is 2.61. The number of hydrogen-bond donors (Lipinski definition) is 2. The van der Waals surface area contributed by atoms with E-state index in [0.29, 0.717) is 13.2 Å². The van der Waals surface area contributed by atoms with E-state index in [9.17, 15) is 0 Å². The Balaban J connectivity index is 2.82. The largest absolute Gasteiger partial charge is 0.382 e. The summed E-state index contributed by atoms with van der Waals surface area (Å²) in [5.41, 5.74) is 6.71. The zero-order chi connectivity index (χ0) is 12.0. The third-order valence-electron chi connectivity index (χ3n) is 2.72. The average molecular weight is 287 g/mol. The van der Waals surface area contributed by atoms with Crippen LogP contribution < -0.4 is 11.1 Å². The molecule has 1 rings (SSSR count). The van der Waals surface area contributed by atoms with Gasteiger partial charge in [-0.05, 0) is 24.6 Å². The van der Waals surface area contributed by atoms with Gasteiger partial charge >= 0.3 is 0 Å². The van der Waals surface area contributed by atoms with Crippen molar-refractivity contribution in [3.8, 4) is 0 Å². The van der Waals surface area contributed by atoms with Crippen molar-refractivity contribution >= 4 is 21.6 Å². The van der Waals surface area contributed by atoms with Gasteiger partial charge in [-0.3, -0.25) is 0 Å². The minimum absolute atomic E-state index is 0.185. The Bertz CT molecular complexity index is 327. The Morgan fingerprint density at radius 3 is 2.75 bits per heavy atom. The minimum atomic E-state index is -0.185. The summed E-state index contributed by atoms with van der Waals surface area (Å²) in [5.74, 6) is 0. The predicted molar refractivity (Wildman–Crippen MR) is 71.7 cm³/mol. The number of halogens is 1. The van der Waals surface area contributed by atoms with Crippen LogP contribution in [0, 0.1) is 0 Å². The van der Waals surface area contributed by atoms with Crippen LogP contribution in [0.2, 0.25) is 0 Å². The van der Waals surface area contributed by atoms with Gasteiger partial charge in [0.25, 0.3) is 0 Å². The first kappa shape index (κ1) is 13.5. The zero-order valence-electron chi connectivity index (χ0n) is 9.79. The number of ether oxygens (including phenoxy) is 1. The number of nitrogens with two attached hydrogens (primary N) is 1. The summed E-state index contributed by atoms with van der Waals surface area (Å²) in [5, 5.41) is 3.45. The van der Waals surface area contributed by atoms with Crippen LogP contribution >= 0.6 is 15.9 Å². The molecule has 0 bridgehead atoms. The molecule has 0 spiro atoms. The van der Waals surface area contributed by atoms with Crippen molar-refractivity contribution in [2.45, 2.75) is 18.9 Å². The van der Waals surface area contributed by atoms with Crippen molar-refractivity contribution in [2.24, 2.45) is 5.73 Å². The minimum Gasteiger partial charge on any atom is -0.382 e. The summed E-state index contributed by atoms with van der Waals surface area (Å²) >= 11 is 3.45. The fourth-order valence-electron chi connectivity index (χ4n) is 1.63. The molecule has 0 aliphatic rings. The van der Waals surface area contributed by atoms with Crippen LogP contribution in [-0.4, -0.2) is 25.8 Å². The third kappa shape index (κ3) is 3.47. The van der Waals surface area contributed by atoms with E-state index >= 15 is 0 Å².